The molecule has 1 amide bonds. The number of rotatable bonds is 35. The third-order valence-corrected chi connectivity index (χ3v) is 5.72. The molecule has 1 aromatic rings. The quantitative estimate of drug-likeness (QED) is 0.109. The monoisotopic (exact) mass is 647 g/mol. The van der Waals surface area contributed by atoms with E-state index in [1.165, 1.54) is 0 Å². The average Bonchev–Trinajstić information content (AvgIpc) is 3.06. The van der Waals surface area contributed by atoms with E-state index in [4.69, 9.17) is 52.1 Å². The maximum absolute atomic E-state index is 11.6. The van der Waals surface area contributed by atoms with E-state index in [2.05, 4.69) is 12.2 Å². The van der Waals surface area contributed by atoms with Crippen molar-refractivity contribution in [1.82, 2.24) is 5.32 Å². The molecule has 0 radical (unpaired) electrons. The molecule has 0 bridgehead atoms. The zero-order chi connectivity index (χ0) is 32.1. The number of nitrogens with one attached hydrogen (secondary N) is 1. The lowest BCUT2D eigenvalue weighted by atomic mass is 10.2. The van der Waals surface area contributed by atoms with E-state index < -0.39 is 6.09 Å². The van der Waals surface area contributed by atoms with Crippen molar-refractivity contribution in [3.05, 3.63) is 35.9 Å². The minimum Gasteiger partial charge on any atom is -0.445 e. The SMILES string of the molecule is CCCCOCCOCCOCCOCCOCCOCCOCCOCCOCCOCCNC(=O)OCc1ccccc1. The fourth-order valence-electron chi connectivity index (χ4n) is 3.33. The first-order valence-corrected chi connectivity index (χ1v) is 16.0. The molecular formula is C32H57NO12. The fourth-order valence-corrected chi connectivity index (χ4v) is 3.33. The Balaban J connectivity index is 1.64. The van der Waals surface area contributed by atoms with Gasteiger partial charge in [0.1, 0.15) is 6.61 Å². The molecule has 0 saturated heterocycles. The summed E-state index contributed by atoms with van der Waals surface area (Å²) in [6.07, 6.45) is 1.77. The Kier molecular flexibility index (Phi) is 31.9. The number of alkyl carbamates (subject to hydrolysis) is 1. The highest BCUT2D eigenvalue weighted by atomic mass is 16.6. The van der Waals surface area contributed by atoms with Gasteiger partial charge in [-0.1, -0.05) is 43.7 Å². The summed E-state index contributed by atoms with van der Waals surface area (Å²) < 4.78 is 59.6. The topological polar surface area (TPSA) is 131 Å². The van der Waals surface area contributed by atoms with Gasteiger partial charge in [0.05, 0.1) is 126 Å². The molecule has 1 aromatic carbocycles. The number of ether oxygens (including phenoxy) is 11. The van der Waals surface area contributed by atoms with Gasteiger partial charge in [-0.15, -0.1) is 0 Å². The molecule has 262 valence electrons. The van der Waals surface area contributed by atoms with E-state index in [9.17, 15) is 4.79 Å². The van der Waals surface area contributed by atoms with Gasteiger partial charge in [-0.05, 0) is 12.0 Å². The number of amides is 1. The first-order chi connectivity index (χ1) is 22.3. The summed E-state index contributed by atoms with van der Waals surface area (Å²) in [5.74, 6) is 0. The molecule has 45 heavy (non-hydrogen) atoms. The van der Waals surface area contributed by atoms with Crippen molar-refractivity contribution in [2.24, 2.45) is 0 Å². The van der Waals surface area contributed by atoms with Crippen molar-refractivity contribution in [3.63, 3.8) is 0 Å². The Morgan fingerprint density at radius 2 is 0.822 bits per heavy atom. The highest BCUT2D eigenvalue weighted by Gasteiger charge is 2.02. The molecule has 0 aromatic heterocycles. The van der Waals surface area contributed by atoms with Crippen LogP contribution in [0.5, 0.6) is 0 Å². The van der Waals surface area contributed by atoms with Crippen molar-refractivity contribution in [1.29, 1.82) is 0 Å². The van der Waals surface area contributed by atoms with Crippen LogP contribution in [0, 0.1) is 0 Å². The second-order valence-electron chi connectivity index (χ2n) is 9.47. The summed E-state index contributed by atoms with van der Waals surface area (Å²) in [4.78, 5) is 11.6. The first-order valence-electron chi connectivity index (χ1n) is 16.0. The molecule has 1 N–H and O–H groups in total. The van der Waals surface area contributed by atoms with Gasteiger partial charge in [0.2, 0.25) is 0 Å². The Labute approximate surface area is 269 Å². The Bertz CT molecular complexity index is 731. The van der Waals surface area contributed by atoms with E-state index in [-0.39, 0.29) is 6.61 Å². The Hall–Kier alpha value is -1.91. The van der Waals surface area contributed by atoms with Crippen molar-refractivity contribution in [3.8, 4) is 0 Å². The maximum atomic E-state index is 11.6. The maximum Gasteiger partial charge on any atom is 0.407 e. The zero-order valence-electron chi connectivity index (χ0n) is 27.3. The zero-order valence-corrected chi connectivity index (χ0v) is 27.3. The molecule has 0 saturated carbocycles. The van der Waals surface area contributed by atoms with Crippen LogP contribution in [0.15, 0.2) is 30.3 Å². The summed E-state index contributed by atoms with van der Waals surface area (Å²) in [6, 6.07) is 9.51. The molecule has 0 spiro atoms. The number of benzene rings is 1. The second kappa shape index (κ2) is 35.0. The predicted molar refractivity (Wildman–Crippen MR) is 168 cm³/mol. The number of hydrogen-bond acceptors (Lipinski definition) is 12. The Morgan fingerprint density at radius 1 is 0.489 bits per heavy atom. The molecule has 0 aliphatic heterocycles. The largest absolute Gasteiger partial charge is 0.445 e. The van der Waals surface area contributed by atoms with E-state index in [1.54, 1.807) is 0 Å². The molecular weight excluding hydrogens is 590 g/mol. The van der Waals surface area contributed by atoms with Crippen molar-refractivity contribution in [2.75, 3.05) is 139 Å². The minimum absolute atomic E-state index is 0.240. The summed E-state index contributed by atoms with van der Waals surface area (Å²) in [7, 11) is 0. The number of carbonyl (C=O) groups excluding carboxylic acids is 1. The van der Waals surface area contributed by atoms with Gasteiger partial charge in [0.25, 0.3) is 0 Å². The average molecular weight is 648 g/mol. The van der Waals surface area contributed by atoms with Crippen LogP contribution in [0.1, 0.15) is 25.3 Å². The molecule has 13 heteroatoms. The van der Waals surface area contributed by atoms with Crippen LogP contribution in [-0.4, -0.2) is 145 Å². The molecule has 0 aliphatic carbocycles. The van der Waals surface area contributed by atoms with Crippen LogP contribution in [0.4, 0.5) is 4.79 Å². The standard InChI is InChI=1S/C32H57NO12/c1-2-3-10-35-12-14-37-16-18-39-20-22-41-24-26-43-28-29-44-27-25-42-23-21-40-19-17-38-15-13-36-11-9-33-32(34)45-30-31-7-5-4-6-8-31/h4-8H,2-3,9-30H2,1H3,(H,33,34). The van der Waals surface area contributed by atoms with Crippen molar-refractivity contribution < 1.29 is 56.9 Å². The fraction of sp³-hybridized carbons (Fsp3) is 0.781. The van der Waals surface area contributed by atoms with Crippen LogP contribution >= 0.6 is 0 Å². The second-order valence-corrected chi connectivity index (χ2v) is 9.47. The van der Waals surface area contributed by atoms with Crippen LogP contribution in [-0.2, 0) is 58.7 Å². The van der Waals surface area contributed by atoms with Crippen molar-refractivity contribution in [2.45, 2.75) is 26.4 Å². The van der Waals surface area contributed by atoms with Gasteiger partial charge in [0.15, 0.2) is 0 Å². The molecule has 0 atom stereocenters. The highest BCUT2D eigenvalue weighted by Crippen LogP contribution is 2.00. The van der Waals surface area contributed by atoms with E-state index in [0.717, 1.165) is 25.0 Å². The molecule has 13 nitrogen and oxygen atoms in total. The van der Waals surface area contributed by atoms with Crippen molar-refractivity contribution >= 4 is 6.09 Å². The van der Waals surface area contributed by atoms with E-state index >= 15 is 0 Å². The van der Waals surface area contributed by atoms with Gasteiger partial charge in [0, 0.05) is 13.2 Å². The van der Waals surface area contributed by atoms with E-state index in [1.807, 2.05) is 30.3 Å². The lowest BCUT2D eigenvalue weighted by molar-refractivity contribution is -0.0264. The number of carbonyl (C=O) groups is 1. The predicted octanol–water partition coefficient (Wildman–Crippen LogP) is 2.88. The third-order valence-electron chi connectivity index (χ3n) is 5.72. The molecule has 0 aliphatic rings. The van der Waals surface area contributed by atoms with Gasteiger partial charge in [-0.3, -0.25) is 0 Å². The van der Waals surface area contributed by atoms with E-state index in [0.29, 0.717) is 132 Å². The van der Waals surface area contributed by atoms with Crippen LogP contribution in [0.25, 0.3) is 0 Å². The summed E-state index contributed by atoms with van der Waals surface area (Å²) >= 11 is 0. The first kappa shape index (κ1) is 41.1. The van der Waals surface area contributed by atoms with Crippen LogP contribution < -0.4 is 5.32 Å². The molecule has 0 fully saturated rings. The Morgan fingerprint density at radius 3 is 1.18 bits per heavy atom. The van der Waals surface area contributed by atoms with Gasteiger partial charge in [-0.25, -0.2) is 4.79 Å². The molecule has 1 rings (SSSR count). The molecule has 0 unspecified atom stereocenters. The lowest BCUT2D eigenvalue weighted by Crippen LogP contribution is -2.28. The van der Waals surface area contributed by atoms with Gasteiger partial charge in [-0.2, -0.15) is 0 Å². The van der Waals surface area contributed by atoms with Crippen LogP contribution in [0.2, 0.25) is 0 Å². The summed E-state index contributed by atoms with van der Waals surface area (Å²) in [5, 5.41) is 2.64. The number of unbranched alkanes of at least 4 members (excludes halogenated alkanes) is 1. The summed E-state index contributed by atoms with van der Waals surface area (Å²) in [6.45, 7) is 13.2. The minimum atomic E-state index is -0.467. The van der Waals surface area contributed by atoms with Gasteiger partial charge < -0.3 is 57.4 Å². The van der Waals surface area contributed by atoms with Gasteiger partial charge >= 0.3 is 6.09 Å². The third kappa shape index (κ3) is 31.8. The lowest BCUT2D eigenvalue weighted by Gasteiger charge is -2.09. The number of hydrogen-bond donors (Lipinski definition) is 1. The highest BCUT2D eigenvalue weighted by molar-refractivity contribution is 5.67. The van der Waals surface area contributed by atoms with Crippen LogP contribution in [0.3, 0.4) is 0 Å². The smallest absolute Gasteiger partial charge is 0.407 e. The molecule has 0 heterocycles. The summed E-state index contributed by atoms with van der Waals surface area (Å²) in [5.41, 5.74) is 0.939. The normalized spacial score (nSPS) is 11.2.